The van der Waals surface area contributed by atoms with E-state index >= 15 is 0 Å². The van der Waals surface area contributed by atoms with Crippen LogP contribution >= 0.6 is 11.6 Å². The van der Waals surface area contributed by atoms with Crippen LogP contribution in [-0.4, -0.2) is 0 Å². The third kappa shape index (κ3) is 3.24. The van der Waals surface area contributed by atoms with E-state index in [0.29, 0.717) is 6.61 Å². The van der Waals surface area contributed by atoms with Crippen molar-refractivity contribution in [2.24, 2.45) is 0 Å². The van der Waals surface area contributed by atoms with Crippen molar-refractivity contribution in [2.45, 2.75) is 20.0 Å². The summed E-state index contributed by atoms with van der Waals surface area (Å²) >= 11 is 5.96. The van der Waals surface area contributed by atoms with Gasteiger partial charge in [-0.25, -0.2) is 0 Å². The molecule has 0 aliphatic heterocycles. The zero-order valence-electron chi connectivity index (χ0n) is 9.82. The minimum atomic E-state index is 0.593. The molecule has 0 spiro atoms. The Morgan fingerprint density at radius 2 is 1.82 bits per heavy atom. The largest absolute Gasteiger partial charge is 0.489 e. The van der Waals surface area contributed by atoms with E-state index < -0.39 is 0 Å². The monoisotopic (exact) mass is 246 g/mol. The molecule has 0 aliphatic rings. The third-order valence-corrected chi connectivity index (χ3v) is 2.88. The van der Waals surface area contributed by atoms with Crippen molar-refractivity contribution >= 4 is 11.6 Å². The number of benzene rings is 2. The Labute approximate surface area is 107 Å². The minimum Gasteiger partial charge on any atom is -0.489 e. The summed E-state index contributed by atoms with van der Waals surface area (Å²) in [5.41, 5.74) is 2.32. The second-order valence-corrected chi connectivity index (χ2v) is 4.32. The van der Waals surface area contributed by atoms with Gasteiger partial charge in [-0.2, -0.15) is 0 Å². The first-order valence-corrected chi connectivity index (χ1v) is 6.12. The van der Waals surface area contributed by atoms with Crippen molar-refractivity contribution in [3.05, 3.63) is 64.7 Å². The summed E-state index contributed by atoms with van der Waals surface area (Å²) in [5, 5.41) is 0.758. The molecule has 0 N–H and O–H groups in total. The lowest BCUT2D eigenvalue weighted by atomic mass is 10.1. The summed E-state index contributed by atoms with van der Waals surface area (Å²) in [6, 6.07) is 15.9. The standard InChI is InChI=1S/C15H15ClO/c1-2-13-10-14(16)8-9-15(13)17-11-12-6-4-3-5-7-12/h3-10H,2,11H2,1H3. The van der Waals surface area contributed by atoms with Crippen molar-refractivity contribution in [1.82, 2.24) is 0 Å². The molecule has 0 bridgehead atoms. The lowest BCUT2D eigenvalue weighted by molar-refractivity contribution is 0.303. The lowest BCUT2D eigenvalue weighted by Gasteiger charge is -2.10. The number of hydrogen-bond acceptors (Lipinski definition) is 1. The Balaban J connectivity index is 2.09. The first-order chi connectivity index (χ1) is 8.29. The molecular weight excluding hydrogens is 232 g/mol. The van der Waals surface area contributed by atoms with Crippen LogP contribution in [0.1, 0.15) is 18.1 Å². The third-order valence-electron chi connectivity index (χ3n) is 2.64. The van der Waals surface area contributed by atoms with Crippen molar-refractivity contribution in [3.63, 3.8) is 0 Å². The Morgan fingerprint density at radius 1 is 1.06 bits per heavy atom. The molecule has 0 radical (unpaired) electrons. The number of rotatable bonds is 4. The van der Waals surface area contributed by atoms with Crippen LogP contribution < -0.4 is 4.74 Å². The van der Waals surface area contributed by atoms with E-state index in [-0.39, 0.29) is 0 Å². The molecule has 2 heteroatoms. The van der Waals surface area contributed by atoms with Gasteiger partial charge in [0.1, 0.15) is 12.4 Å². The van der Waals surface area contributed by atoms with Gasteiger partial charge >= 0.3 is 0 Å². The molecule has 2 aromatic carbocycles. The van der Waals surface area contributed by atoms with Crippen molar-refractivity contribution in [3.8, 4) is 5.75 Å². The molecule has 0 unspecified atom stereocenters. The van der Waals surface area contributed by atoms with E-state index in [1.807, 2.05) is 36.4 Å². The van der Waals surface area contributed by atoms with Crippen LogP contribution in [0.5, 0.6) is 5.75 Å². The highest BCUT2D eigenvalue weighted by molar-refractivity contribution is 6.30. The smallest absolute Gasteiger partial charge is 0.123 e. The number of halogens is 1. The van der Waals surface area contributed by atoms with Crippen molar-refractivity contribution in [2.75, 3.05) is 0 Å². The highest BCUT2D eigenvalue weighted by Gasteiger charge is 2.03. The molecule has 0 atom stereocenters. The molecule has 0 amide bonds. The van der Waals surface area contributed by atoms with Crippen LogP contribution in [0.15, 0.2) is 48.5 Å². The average Bonchev–Trinajstić information content (AvgIpc) is 2.38. The molecule has 2 rings (SSSR count). The fourth-order valence-corrected chi connectivity index (χ4v) is 1.90. The Hall–Kier alpha value is -1.47. The summed E-state index contributed by atoms with van der Waals surface area (Å²) in [7, 11) is 0. The van der Waals surface area contributed by atoms with E-state index in [0.717, 1.165) is 22.8 Å². The Morgan fingerprint density at radius 3 is 2.53 bits per heavy atom. The van der Waals surface area contributed by atoms with Gasteiger partial charge in [-0.15, -0.1) is 0 Å². The van der Waals surface area contributed by atoms with Gasteiger partial charge in [-0.1, -0.05) is 48.9 Å². The number of ether oxygens (including phenoxy) is 1. The SMILES string of the molecule is CCc1cc(Cl)ccc1OCc1ccccc1. The van der Waals surface area contributed by atoms with Gasteiger partial charge in [0.15, 0.2) is 0 Å². The normalized spacial score (nSPS) is 10.2. The molecule has 0 fully saturated rings. The van der Waals surface area contributed by atoms with Crippen molar-refractivity contribution in [1.29, 1.82) is 0 Å². The van der Waals surface area contributed by atoms with E-state index in [1.54, 1.807) is 0 Å². The van der Waals surface area contributed by atoms with Crippen LogP contribution in [-0.2, 0) is 13.0 Å². The predicted molar refractivity (Wildman–Crippen MR) is 71.6 cm³/mol. The average molecular weight is 247 g/mol. The minimum absolute atomic E-state index is 0.593. The number of aryl methyl sites for hydroxylation is 1. The summed E-state index contributed by atoms with van der Waals surface area (Å²) in [4.78, 5) is 0. The van der Waals surface area contributed by atoms with Crippen LogP contribution in [0.4, 0.5) is 0 Å². The molecule has 1 nitrogen and oxygen atoms in total. The predicted octanol–water partition coefficient (Wildman–Crippen LogP) is 4.48. The van der Waals surface area contributed by atoms with Gasteiger partial charge in [0.25, 0.3) is 0 Å². The van der Waals surface area contributed by atoms with Gasteiger partial charge in [-0.3, -0.25) is 0 Å². The molecule has 2 aromatic rings. The summed E-state index contributed by atoms with van der Waals surface area (Å²) < 4.78 is 5.81. The highest BCUT2D eigenvalue weighted by atomic mass is 35.5. The topological polar surface area (TPSA) is 9.23 Å². The van der Waals surface area contributed by atoms with E-state index in [2.05, 4.69) is 19.1 Å². The van der Waals surface area contributed by atoms with Crippen LogP contribution in [0, 0.1) is 0 Å². The maximum atomic E-state index is 5.96. The van der Waals surface area contributed by atoms with Gasteiger partial charge in [0.05, 0.1) is 0 Å². The maximum absolute atomic E-state index is 5.96. The van der Waals surface area contributed by atoms with Gasteiger partial charge < -0.3 is 4.74 Å². The molecule has 17 heavy (non-hydrogen) atoms. The molecule has 0 saturated carbocycles. The van der Waals surface area contributed by atoms with Gasteiger partial charge in [0.2, 0.25) is 0 Å². The lowest BCUT2D eigenvalue weighted by Crippen LogP contribution is -1.97. The first-order valence-electron chi connectivity index (χ1n) is 5.74. The molecule has 0 aliphatic carbocycles. The maximum Gasteiger partial charge on any atom is 0.123 e. The van der Waals surface area contributed by atoms with Crippen LogP contribution in [0.3, 0.4) is 0 Å². The molecule has 0 aromatic heterocycles. The Kier molecular flexibility index (Phi) is 4.05. The van der Waals surface area contributed by atoms with Crippen molar-refractivity contribution < 1.29 is 4.74 Å². The number of hydrogen-bond donors (Lipinski definition) is 0. The fourth-order valence-electron chi connectivity index (χ4n) is 1.70. The summed E-state index contributed by atoms with van der Waals surface area (Å²) in [6.45, 7) is 2.69. The molecule has 0 saturated heterocycles. The molecular formula is C15H15ClO. The van der Waals surface area contributed by atoms with Gasteiger partial charge in [-0.05, 0) is 35.7 Å². The summed E-state index contributed by atoms with van der Waals surface area (Å²) in [6.07, 6.45) is 0.921. The zero-order chi connectivity index (χ0) is 12.1. The second-order valence-electron chi connectivity index (χ2n) is 3.88. The zero-order valence-corrected chi connectivity index (χ0v) is 10.6. The first kappa shape index (κ1) is 12.0. The van der Waals surface area contributed by atoms with Crippen LogP contribution in [0.25, 0.3) is 0 Å². The fraction of sp³-hybridized carbons (Fsp3) is 0.200. The highest BCUT2D eigenvalue weighted by Crippen LogP contribution is 2.24. The Bertz CT molecular complexity index is 480. The van der Waals surface area contributed by atoms with Gasteiger partial charge in [0, 0.05) is 5.02 Å². The van der Waals surface area contributed by atoms with Crippen LogP contribution in [0.2, 0.25) is 5.02 Å². The summed E-state index contributed by atoms with van der Waals surface area (Å²) in [5.74, 6) is 0.917. The van der Waals surface area contributed by atoms with E-state index in [1.165, 1.54) is 5.56 Å². The van der Waals surface area contributed by atoms with E-state index in [9.17, 15) is 0 Å². The van der Waals surface area contributed by atoms with E-state index in [4.69, 9.17) is 16.3 Å². The quantitative estimate of drug-likeness (QED) is 0.773. The molecule has 0 heterocycles. The molecule has 88 valence electrons. The second kappa shape index (κ2) is 5.74.